The monoisotopic (exact) mass is 272 g/mol. The van der Waals surface area contributed by atoms with E-state index in [1.54, 1.807) is 12.1 Å². The molecule has 0 bridgehead atoms. The Kier molecular flexibility index (Phi) is 3.38. The van der Waals surface area contributed by atoms with Crippen LogP contribution in [-0.4, -0.2) is 12.6 Å². The summed E-state index contributed by atoms with van der Waals surface area (Å²) in [7, 11) is 0. The molecular formula is C11H14BrFN2. The molecule has 0 aromatic heterocycles. The van der Waals surface area contributed by atoms with Crippen molar-refractivity contribution in [2.75, 3.05) is 6.54 Å². The first-order valence-corrected chi connectivity index (χ1v) is 5.90. The van der Waals surface area contributed by atoms with Gasteiger partial charge in [-0.2, -0.15) is 0 Å². The number of benzene rings is 1. The van der Waals surface area contributed by atoms with Gasteiger partial charge in [-0.05, 0) is 31.0 Å². The van der Waals surface area contributed by atoms with Gasteiger partial charge in [0.15, 0.2) is 0 Å². The number of hydrogen-bond acceptors (Lipinski definition) is 2. The molecule has 0 spiro atoms. The average Bonchev–Trinajstić information content (AvgIpc) is 3.02. The Morgan fingerprint density at radius 3 is 2.93 bits per heavy atom. The summed E-state index contributed by atoms with van der Waals surface area (Å²) in [6.45, 7) is 0.637. The summed E-state index contributed by atoms with van der Waals surface area (Å²) in [5, 5.41) is 3.29. The lowest BCUT2D eigenvalue weighted by atomic mass is 10.1. The van der Waals surface area contributed by atoms with Gasteiger partial charge in [-0.15, -0.1) is 0 Å². The zero-order chi connectivity index (χ0) is 10.8. The molecule has 1 aromatic rings. The van der Waals surface area contributed by atoms with Gasteiger partial charge in [0.2, 0.25) is 0 Å². The van der Waals surface area contributed by atoms with Crippen LogP contribution in [0.3, 0.4) is 0 Å². The Morgan fingerprint density at radius 2 is 2.27 bits per heavy atom. The molecule has 2 nitrogen and oxygen atoms in total. The van der Waals surface area contributed by atoms with Crippen molar-refractivity contribution in [1.29, 1.82) is 0 Å². The number of hydrogen-bond donors (Lipinski definition) is 2. The molecule has 4 heteroatoms. The van der Waals surface area contributed by atoms with Gasteiger partial charge in [0, 0.05) is 28.7 Å². The van der Waals surface area contributed by atoms with Crippen molar-refractivity contribution in [3.8, 4) is 0 Å². The normalized spacial score (nSPS) is 17.8. The number of nitrogens with one attached hydrogen (secondary N) is 1. The molecule has 0 radical (unpaired) electrons. The van der Waals surface area contributed by atoms with Gasteiger partial charge in [0.05, 0.1) is 0 Å². The van der Waals surface area contributed by atoms with Gasteiger partial charge in [-0.25, -0.2) is 4.39 Å². The molecule has 0 heterocycles. The van der Waals surface area contributed by atoms with Crippen LogP contribution in [0.25, 0.3) is 0 Å². The Morgan fingerprint density at radius 1 is 1.53 bits per heavy atom. The second kappa shape index (κ2) is 4.60. The third-order valence-electron chi connectivity index (χ3n) is 2.56. The zero-order valence-electron chi connectivity index (χ0n) is 8.34. The van der Waals surface area contributed by atoms with E-state index in [9.17, 15) is 4.39 Å². The van der Waals surface area contributed by atoms with Crippen LogP contribution in [0.4, 0.5) is 4.39 Å². The largest absolute Gasteiger partial charge is 0.323 e. The predicted molar refractivity (Wildman–Crippen MR) is 62.1 cm³/mol. The van der Waals surface area contributed by atoms with Crippen molar-refractivity contribution in [3.63, 3.8) is 0 Å². The molecule has 1 unspecified atom stereocenters. The molecule has 1 aliphatic carbocycles. The molecule has 0 amide bonds. The Labute approximate surface area is 97.2 Å². The fourth-order valence-corrected chi connectivity index (χ4v) is 1.87. The number of nitrogens with two attached hydrogens (primary N) is 1. The van der Waals surface area contributed by atoms with Gasteiger partial charge < -0.3 is 11.1 Å². The Bertz CT molecular complexity index is 352. The molecule has 1 aliphatic rings. The summed E-state index contributed by atoms with van der Waals surface area (Å²) >= 11 is 3.31. The fraction of sp³-hybridized carbons (Fsp3) is 0.455. The highest BCUT2D eigenvalue weighted by atomic mass is 79.9. The third kappa shape index (κ3) is 3.00. The first-order chi connectivity index (χ1) is 7.16. The van der Waals surface area contributed by atoms with Crippen molar-refractivity contribution in [2.45, 2.75) is 24.9 Å². The SMILES string of the molecule is NC(CNC1CC1)c1cc(Br)ccc1F. The standard InChI is InChI=1S/C11H14BrFN2/c12-7-1-4-10(13)9(5-7)11(14)6-15-8-2-3-8/h1,4-5,8,11,15H,2-3,6,14H2. The molecule has 3 N–H and O–H groups in total. The Balaban J connectivity index is 2.02. The minimum Gasteiger partial charge on any atom is -0.323 e. The van der Waals surface area contributed by atoms with Gasteiger partial charge in [0.1, 0.15) is 5.82 Å². The first kappa shape index (κ1) is 11.0. The van der Waals surface area contributed by atoms with Crippen LogP contribution in [0, 0.1) is 5.82 Å². The van der Waals surface area contributed by atoms with Crippen LogP contribution in [0.15, 0.2) is 22.7 Å². The second-order valence-electron chi connectivity index (χ2n) is 3.95. The van der Waals surface area contributed by atoms with E-state index in [0.717, 1.165) is 4.47 Å². The van der Waals surface area contributed by atoms with E-state index in [1.807, 2.05) is 0 Å². The maximum atomic E-state index is 13.4. The minimum atomic E-state index is -0.275. The molecule has 1 aromatic carbocycles. The summed E-state index contributed by atoms with van der Waals surface area (Å²) in [4.78, 5) is 0. The van der Waals surface area contributed by atoms with E-state index >= 15 is 0 Å². The molecule has 1 atom stereocenters. The van der Waals surface area contributed by atoms with Crippen molar-refractivity contribution in [1.82, 2.24) is 5.32 Å². The summed E-state index contributed by atoms with van der Waals surface area (Å²) in [5.41, 5.74) is 6.48. The van der Waals surface area contributed by atoms with Crippen LogP contribution in [-0.2, 0) is 0 Å². The van der Waals surface area contributed by atoms with E-state index in [-0.39, 0.29) is 11.9 Å². The van der Waals surface area contributed by atoms with Gasteiger partial charge >= 0.3 is 0 Å². The molecular weight excluding hydrogens is 259 g/mol. The topological polar surface area (TPSA) is 38.0 Å². The second-order valence-corrected chi connectivity index (χ2v) is 4.87. The number of rotatable bonds is 4. The van der Waals surface area contributed by atoms with Gasteiger partial charge in [0.25, 0.3) is 0 Å². The quantitative estimate of drug-likeness (QED) is 0.883. The predicted octanol–water partition coefficient (Wildman–Crippen LogP) is 2.34. The molecule has 0 aliphatic heterocycles. The zero-order valence-corrected chi connectivity index (χ0v) is 9.93. The van der Waals surface area contributed by atoms with E-state index in [2.05, 4.69) is 21.2 Å². The minimum absolute atomic E-state index is 0.233. The van der Waals surface area contributed by atoms with Crippen molar-refractivity contribution >= 4 is 15.9 Å². The highest BCUT2D eigenvalue weighted by Gasteiger charge is 2.22. The van der Waals surface area contributed by atoms with Crippen LogP contribution >= 0.6 is 15.9 Å². The van der Waals surface area contributed by atoms with Gasteiger partial charge in [-0.3, -0.25) is 0 Å². The maximum absolute atomic E-state index is 13.4. The van der Waals surface area contributed by atoms with Crippen molar-refractivity contribution in [2.24, 2.45) is 5.73 Å². The fourth-order valence-electron chi connectivity index (χ4n) is 1.49. The molecule has 1 saturated carbocycles. The van der Waals surface area contributed by atoms with Gasteiger partial charge in [-0.1, -0.05) is 15.9 Å². The average molecular weight is 273 g/mol. The molecule has 0 saturated heterocycles. The smallest absolute Gasteiger partial charge is 0.128 e. The molecule has 82 valence electrons. The lowest BCUT2D eigenvalue weighted by molar-refractivity contribution is 0.547. The Hall–Kier alpha value is -0.450. The highest BCUT2D eigenvalue weighted by Crippen LogP contribution is 2.22. The van der Waals surface area contributed by atoms with E-state index in [4.69, 9.17) is 5.73 Å². The van der Waals surface area contributed by atoms with E-state index in [0.29, 0.717) is 18.2 Å². The summed E-state index contributed by atoms with van der Waals surface area (Å²) in [6, 6.07) is 5.19. The van der Waals surface area contributed by atoms with E-state index < -0.39 is 0 Å². The van der Waals surface area contributed by atoms with Crippen LogP contribution in [0.5, 0.6) is 0 Å². The molecule has 15 heavy (non-hydrogen) atoms. The number of halogens is 2. The lowest BCUT2D eigenvalue weighted by Crippen LogP contribution is -2.29. The lowest BCUT2D eigenvalue weighted by Gasteiger charge is -2.14. The van der Waals surface area contributed by atoms with Crippen LogP contribution in [0.1, 0.15) is 24.4 Å². The summed E-state index contributed by atoms with van der Waals surface area (Å²) in [5.74, 6) is -0.233. The summed E-state index contributed by atoms with van der Waals surface area (Å²) < 4.78 is 14.3. The van der Waals surface area contributed by atoms with Crippen molar-refractivity contribution in [3.05, 3.63) is 34.1 Å². The summed E-state index contributed by atoms with van der Waals surface area (Å²) in [6.07, 6.45) is 2.43. The molecule has 2 rings (SSSR count). The first-order valence-electron chi connectivity index (χ1n) is 5.10. The van der Waals surface area contributed by atoms with E-state index in [1.165, 1.54) is 18.9 Å². The molecule has 1 fully saturated rings. The maximum Gasteiger partial charge on any atom is 0.128 e. The van der Waals surface area contributed by atoms with Crippen LogP contribution < -0.4 is 11.1 Å². The third-order valence-corrected chi connectivity index (χ3v) is 3.05. The van der Waals surface area contributed by atoms with Crippen molar-refractivity contribution < 1.29 is 4.39 Å². The van der Waals surface area contributed by atoms with Crippen LogP contribution in [0.2, 0.25) is 0 Å². The highest BCUT2D eigenvalue weighted by molar-refractivity contribution is 9.10.